The van der Waals surface area contributed by atoms with Gasteiger partial charge in [0.25, 0.3) is 0 Å². The molecule has 0 unspecified atom stereocenters. The molecule has 0 aliphatic carbocycles. The van der Waals surface area contributed by atoms with E-state index in [1.807, 2.05) is 45.0 Å². The third-order valence-electron chi connectivity index (χ3n) is 11.8. The van der Waals surface area contributed by atoms with Crippen LogP contribution in [0.2, 0.25) is 0 Å². The molecule has 354 valence electrons. The molecule has 4 N–H and O–H groups in total. The predicted molar refractivity (Wildman–Crippen MR) is 239 cm³/mol. The normalized spacial score (nSPS) is 28.0. The number of hydrogen-bond donors (Lipinski definition) is 4. The largest absolute Gasteiger partial charge is 0.508 e. The summed E-state index contributed by atoms with van der Waals surface area (Å²) >= 11 is 1.56. The molecule has 1 saturated heterocycles. The van der Waals surface area contributed by atoms with E-state index in [0.29, 0.717) is 18.4 Å². The van der Waals surface area contributed by atoms with Crippen LogP contribution in [0.5, 0.6) is 11.5 Å². The van der Waals surface area contributed by atoms with Crippen LogP contribution in [-0.2, 0) is 44.7 Å². The molecule has 0 spiro atoms. The van der Waals surface area contributed by atoms with Gasteiger partial charge in [0.15, 0.2) is 17.6 Å². The van der Waals surface area contributed by atoms with E-state index in [-0.39, 0.29) is 37.1 Å². The molecule has 17 heteroatoms. The molecule has 1 fully saturated rings. The van der Waals surface area contributed by atoms with E-state index in [0.717, 1.165) is 39.2 Å². The predicted octanol–water partition coefficient (Wildman–Crippen LogP) is 6.53. The van der Waals surface area contributed by atoms with Crippen molar-refractivity contribution in [3.8, 4) is 11.5 Å². The summed E-state index contributed by atoms with van der Waals surface area (Å²) in [5, 5.41) is 43.9. The second-order valence-electron chi connectivity index (χ2n) is 17.1. The third-order valence-corrected chi connectivity index (χ3v) is 12.8. The van der Waals surface area contributed by atoms with Crippen molar-refractivity contribution in [2.24, 2.45) is 17.3 Å². The summed E-state index contributed by atoms with van der Waals surface area (Å²) in [5.74, 6) is -3.29. The molecule has 5 rings (SSSR count). The Morgan fingerprint density at radius 2 is 1.72 bits per heavy atom. The third kappa shape index (κ3) is 12.8. The molecule has 2 aliphatic heterocycles. The summed E-state index contributed by atoms with van der Waals surface area (Å²) < 4.78 is 40.2. The first-order valence-corrected chi connectivity index (χ1v) is 22.4. The highest BCUT2D eigenvalue weighted by atomic mass is 32.1. The molecule has 2 aliphatic rings. The first-order chi connectivity index (χ1) is 30.9. The van der Waals surface area contributed by atoms with Crippen LogP contribution >= 0.6 is 11.3 Å². The number of carbonyl (C=O) groups excluding carboxylic acids is 4. The molecule has 3 heterocycles. The average Bonchev–Trinajstić information content (AvgIpc) is 3.66. The number of methoxy groups -OCH3 is 1. The van der Waals surface area contributed by atoms with Crippen LogP contribution in [0.1, 0.15) is 88.5 Å². The molecular weight excluding hydrogens is 863 g/mol. The second-order valence-corrected chi connectivity index (χ2v) is 18.3. The number of thiazole rings is 1. The van der Waals surface area contributed by atoms with Gasteiger partial charge in [-0.3, -0.25) is 9.59 Å². The van der Waals surface area contributed by atoms with Crippen LogP contribution in [0.15, 0.2) is 73.4 Å². The lowest BCUT2D eigenvalue weighted by atomic mass is 9.71. The molecule has 2 aromatic carbocycles. The molecule has 1 aromatic heterocycles. The number of nitrogens with zero attached hydrogens (tertiary/aromatic N) is 1. The summed E-state index contributed by atoms with van der Waals surface area (Å²) in [6.45, 7) is 15.7. The van der Waals surface area contributed by atoms with Gasteiger partial charge in [0.1, 0.15) is 49.5 Å². The van der Waals surface area contributed by atoms with Crippen LogP contribution in [0.4, 0.5) is 4.79 Å². The van der Waals surface area contributed by atoms with E-state index in [1.54, 1.807) is 31.3 Å². The van der Waals surface area contributed by atoms with E-state index < -0.39 is 90.6 Å². The Labute approximate surface area is 382 Å². The number of ketones is 1. The van der Waals surface area contributed by atoms with Crippen molar-refractivity contribution in [3.63, 3.8) is 0 Å². The maximum absolute atomic E-state index is 14.5. The van der Waals surface area contributed by atoms with Crippen molar-refractivity contribution >= 4 is 45.4 Å². The molecule has 0 amide bonds. The first-order valence-electron chi connectivity index (χ1n) is 21.6. The van der Waals surface area contributed by atoms with E-state index in [4.69, 9.17) is 33.2 Å². The standard InChI is InChI=1S/C48H61NO15S/c1-9-12-31-39(51)27(4)14-11-13-26(3)15-18-33(30-17-20-36-32(23-30)49-28(5)65-36)61-38(50)24-37(48(6,7)44(31)55)63-47(57)60-25-29-16-19-34(35(22-29)58-8)62-46-42(54)40(52)41(53)43(64-46)45(56)59-21-10-2/h9-10,15-17,19-20,22-23,27,31,33,37,39-43,46,51-54H,1-2,11-14,18,21,24-25H2,3-8H3/t27-,31+,33-,37-,39-,40-,41-,42+,43-,46+/m0/s1. The smallest absolute Gasteiger partial charge is 0.493 e. The van der Waals surface area contributed by atoms with Gasteiger partial charge in [0.05, 0.1) is 40.3 Å². The SMILES string of the molecule is C=CCOC(=O)[C@H]1O[C@@H](Oc2ccc(COC(=O)O[C@H]3CC(=O)O[C@H](c4ccc5sc(C)nc5c4)CC=C(C)CCC[C@H](C)[C@H](O)[C@@H](CC=C)C(=O)C3(C)C)cc2OC)[C@H](O)[C@@H](O)[C@@H]1O. The zero-order chi connectivity index (χ0) is 47.6. The summed E-state index contributed by atoms with van der Waals surface area (Å²) in [4.78, 5) is 59.2. The highest BCUT2D eigenvalue weighted by Gasteiger charge is 2.49. The number of hydrogen-bond acceptors (Lipinski definition) is 17. The zero-order valence-corrected chi connectivity index (χ0v) is 38.5. The molecule has 0 saturated carbocycles. The number of rotatable bonds is 12. The van der Waals surface area contributed by atoms with Gasteiger partial charge in [-0.25, -0.2) is 14.6 Å². The fraction of sp³-hybridized carbons (Fsp3) is 0.521. The Morgan fingerprint density at radius 1 is 0.969 bits per heavy atom. The van der Waals surface area contributed by atoms with Gasteiger partial charge in [-0.05, 0) is 94.7 Å². The van der Waals surface area contributed by atoms with Gasteiger partial charge in [0.2, 0.25) is 6.29 Å². The van der Waals surface area contributed by atoms with E-state index >= 15 is 0 Å². The van der Waals surface area contributed by atoms with Gasteiger partial charge >= 0.3 is 18.1 Å². The Hall–Kier alpha value is -5.17. The molecule has 0 radical (unpaired) electrons. The zero-order valence-electron chi connectivity index (χ0n) is 37.7. The van der Waals surface area contributed by atoms with Gasteiger partial charge in [0, 0.05) is 12.3 Å². The maximum Gasteiger partial charge on any atom is 0.508 e. The van der Waals surface area contributed by atoms with Crippen LogP contribution in [0, 0.1) is 24.2 Å². The van der Waals surface area contributed by atoms with Crippen molar-refractivity contribution in [2.75, 3.05) is 13.7 Å². The number of Topliss-reactive ketones (excluding diaryl/α,β-unsaturated/α-hetero) is 1. The summed E-state index contributed by atoms with van der Waals surface area (Å²) in [6, 6.07) is 10.1. The van der Waals surface area contributed by atoms with Crippen molar-refractivity contribution in [1.82, 2.24) is 4.98 Å². The highest BCUT2D eigenvalue weighted by molar-refractivity contribution is 7.18. The number of aromatic nitrogens is 1. The lowest BCUT2D eigenvalue weighted by Gasteiger charge is -2.39. The minimum absolute atomic E-state index is 0.00865. The first kappa shape index (κ1) is 50.8. The fourth-order valence-electron chi connectivity index (χ4n) is 7.89. The summed E-state index contributed by atoms with van der Waals surface area (Å²) in [5.41, 5.74) is 1.43. The number of fused-ring (bicyclic) bond motifs is 1. The monoisotopic (exact) mass is 923 g/mol. The second kappa shape index (κ2) is 22.8. The quantitative estimate of drug-likeness (QED) is 0.0860. The number of esters is 2. The van der Waals surface area contributed by atoms with Crippen LogP contribution < -0.4 is 9.47 Å². The number of benzene rings is 2. The van der Waals surface area contributed by atoms with Gasteiger partial charge < -0.3 is 53.6 Å². The van der Waals surface area contributed by atoms with Crippen molar-refractivity contribution in [2.45, 2.75) is 129 Å². The van der Waals surface area contributed by atoms with Crippen molar-refractivity contribution < 1.29 is 72.8 Å². The molecule has 3 aromatic rings. The van der Waals surface area contributed by atoms with Crippen molar-refractivity contribution in [3.05, 3.63) is 89.5 Å². The minimum Gasteiger partial charge on any atom is -0.493 e. The topological polar surface area (TPSA) is 227 Å². The van der Waals surface area contributed by atoms with Gasteiger partial charge in [-0.1, -0.05) is 49.4 Å². The van der Waals surface area contributed by atoms with E-state index in [9.17, 15) is 39.6 Å². The van der Waals surface area contributed by atoms with Crippen LogP contribution in [-0.4, -0.2) is 106 Å². The number of allylic oxidation sites excluding steroid dienone is 2. The number of ether oxygens (including phenoxy) is 7. The fourth-order valence-corrected chi connectivity index (χ4v) is 8.70. The average molecular weight is 924 g/mol. The maximum atomic E-state index is 14.5. The van der Waals surface area contributed by atoms with Crippen LogP contribution in [0.3, 0.4) is 0 Å². The Bertz CT molecular complexity index is 2200. The Kier molecular flexibility index (Phi) is 17.9. The number of cyclic esters (lactones) is 1. The highest BCUT2D eigenvalue weighted by Crippen LogP contribution is 2.38. The molecule has 10 atom stereocenters. The Balaban J connectivity index is 1.37. The van der Waals surface area contributed by atoms with Crippen LogP contribution in [0.25, 0.3) is 10.2 Å². The number of aliphatic hydroxyl groups excluding tert-OH is 4. The lowest BCUT2D eigenvalue weighted by Crippen LogP contribution is -2.61. The number of aliphatic hydroxyl groups is 4. The molecule has 65 heavy (non-hydrogen) atoms. The van der Waals surface area contributed by atoms with E-state index in [1.165, 1.54) is 31.4 Å². The van der Waals surface area contributed by atoms with Gasteiger partial charge in [-0.2, -0.15) is 0 Å². The molecular formula is C48H61NO15S. The van der Waals surface area contributed by atoms with Crippen molar-refractivity contribution in [1.29, 1.82) is 0 Å². The number of aryl methyl sites for hydroxylation is 1. The summed E-state index contributed by atoms with van der Waals surface area (Å²) in [7, 11) is 1.32. The van der Waals surface area contributed by atoms with E-state index in [2.05, 4.69) is 18.1 Å². The molecule has 16 nitrogen and oxygen atoms in total. The van der Waals surface area contributed by atoms with Gasteiger partial charge in [-0.15, -0.1) is 17.9 Å². The minimum atomic E-state index is -1.83. The number of carbonyl (C=O) groups is 4. The Morgan fingerprint density at radius 3 is 2.43 bits per heavy atom. The summed E-state index contributed by atoms with van der Waals surface area (Å²) in [6.07, 6.45) is -6.10. The molecule has 0 bridgehead atoms. The lowest BCUT2D eigenvalue weighted by molar-refractivity contribution is -0.272.